The van der Waals surface area contributed by atoms with Crippen molar-refractivity contribution in [1.82, 2.24) is 29.4 Å². The summed E-state index contributed by atoms with van der Waals surface area (Å²) in [6.45, 7) is -0.499. The zero-order chi connectivity index (χ0) is 17.8. The number of nitrogens with zero attached hydrogens (tertiary/aromatic N) is 6. The van der Waals surface area contributed by atoms with Crippen LogP contribution in [0.25, 0.3) is 27.4 Å². The second-order valence-corrected chi connectivity index (χ2v) is 7.67. The number of aromatic nitrogens is 6. The van der Waals surface area contributed by atoms with E-state index in [1.54, 1.807) is 22.2 Å². The summed E-state index contributed by atoms with van der Waals surface area (Å²) in [5.74, 6) is 0.958. The fourth-order valence-corrected chi connectivity index (χ4v) is 5.04. The van der Waals surface area contributed by atoms with Crippen LogP contribution < -0.4 is 0 Å². The summed E-state index contributed by atoms with van der Waals surface area (Å²) in [6.07, 6.45) is 7.37. The lowest BCUT2D eigenvalue weighted by Gasteiger charge is -2.20. The second-order valence-electron chi connectivity index (χ2n) is 6.59. The summed E-state index contributed by atoms with van der Waals surface area (Å²) in [6, 6.07) is 1.50. The third-order valence-electron chi connectivity index (χ3n) is 5.15. The first kappa shape index (κ1) is 15.8. The molecule has 0 fully saturated rings. The predicted molar refractivity (Wildman–Crippen MR) is 94.4 cm³/mol. The standard InChI is InChI=1S/C17H16F2N6S/c1-2-9-3-4-10-12(7-9)26-16-13(10)15-22-14(23-24(15)8-20-16)11-5-6-21-25(11)17(18)19/h5-6,8-9,17H,2-4,7H2,1H3. The van der Waals surface area contributed by atoms with Gasteiger partial charge in [-0.1, -0.05) is 13.3 Å². The highest BCUT2D eigenvalue weighted by Crippen LogP contribution is 2.39. The van der Waals surface area contributed by atoms with Gasteiger partial charge in [-0.25, -0.2) is 19.2 Å². The van der Waals surface area contributed by atoms with Crippen LogP contribution in [0.15, 0.2) is 18.6 Å². The van der Waals surface area contributed by atoms with Crippen molar-refractivity contribution in [2.45, 2.75) is 39.2 Å². The van der Waals surface area contributed by atoms with E-state index >= 15 is 0 Å². The summed E-state index contributed by atoms with van der Waals surface area (Å²) in [5.41, 5.74) is 2.18. The highest BCUT2D eigenvalue weighted by atomic mass is 32.1. The van der Waals surface area contributed by atoms with Crippen LogP contribution in [0.5, 0.6) is 0 Å². The fourth-order valence-electron chi connectivity index (χ4n) is 3.75. The quantitative estimate of drug-likeness (QED) is 0.541. The molecule has 4 heterocycles. The second kappa shape index (κ2) is 5.80. The van der Waals surface area contributed by atoms with Crippen molar-refractivity contribution < 1.29 is 8.78 Å². The maximum Gasteiger partial charge on any atom is 0.333 e. The van der Waals surface area contributed by atoms with Crippen LogP contribution in [0.2, 0.25) is 0 Å². The lowest BCUT2D eigenvalue weighted by atomic mass is 9.86. The lowest BCUT2D eigenvalue weighted by molar-refractivity contribution is 0.0583. The van der Waals surface area contributed by atoms with Crippen molar-refractivity contribution in [3.8, 4) is 11.5 Å². The minimum atomic E-state index is -2.73. The highest BCUT2D eigenvalue weighted by molar-refractivity contribution is 7.19. The Morgan fingerprint density at radius 2 is 2.27 bits per heavy atom. The van der Waals surface area contributed by atoms with E-state index in [0.717, 1.165) is 35.4 Å². The Morgan fingerprint density at radius 3 is 3.08 bits per heavy atom. The molecule has 0 spiro atoms. The zero-order valence-corrected chi connectivity index (χ0v) is 14.9. The Hall–Kier alpha value is -2.42. The van der Waals surface area contributed by atoms with E-state index in [1.165, 1.54) is 29.1 Å². The topological polar surface area (TPSA) is 60.9 Å². The van der Waals surface area contributed by atoms with Gasteiger partial charge in [-0.05, 0) is 36.8 Å². The highest BCUT2D eigenvalue weighted by Gasteiger charge is 2.25. The molecule has 134 valence electrons. The molecule has 0 bridgehead atoms. The first-order valence-corrected chi connectivity index (χ1v) is 9.45. The van der Waals surface area contributed by atoms with Crippen LogP contribution in [0.4, 0.5) is 8.78 Å². The molecule has 1 atom stereocenters. The van der Waals surface area contributed by atoms with Gasteiger partial charge in [-0.2, -0.15) is 13.9 Å². The van der Waals surface area contributed by atoms with Gasteiger partial charge in [-0.15, -0.1) is 16.4 Å². The monoisotopic (exact) mass is 374 g/mol. The molecule has 1 unspecified atom stereocenters. The molecule has 4 aromatic heterocycles. The molecule has 0 saturated heterocycles. The van der Waals surface area contributed by atoms with Crippen LogP contribution in [0.1, 0.15) is 36.8 Å². The van der Waals surface area contributed by atoms with E-state index in [9.17, 15) is 8.78 Å². The minimum Gasteiger partial charge on any atom is -0.225 e. The molecule has 5 rings (SSSR count). The van der Waals surface area contributed by atoms with Crippen molar-refractivity contribution in [2.24, 2.45) is 5.92 Å². The van der Waals surface area contributed by atoms with Gasteiger partial charge in [-0.3, -0.25) is 0 Å². The number of fused-ring (bicyclic) bond motifs is 5. The summed E-state index contributed by atoms with van der Waals surface area (Å²) in [7, 11) is 0. The number of hydrogen-bond donors (Lipinski definition) is 0. The molecular formula is C17H16F2N6S. The van der Waals surface area contributed by atoms with Gasteiger partial charge in [0.2, 0.25) is 5.82 Å². The zero-order valence-electron chi connectivity index (χ0n) is 14.1. The molecule has 26 heavy (non-hydrogen) atoms. The number of thiophene rings is 1. The van der Waals surface area contributed by atoms with Crippen LogP contribution in [0.3, 0.4) is 0 Å². The van der Waals surface area contributed by atoms with E-state index in [2.05, 4.69) is 27.1 Å². The van der Waals surface area contributed by atoms with Crippen molar-refractivity contribution in [2.75, 3.05) is 0 Å². The maximum absolute atomic E-state index is 13.1. The van der Waals surface area contributed by atoms with Gasteiger partial charge in [0.25, 0.3) is 0 Å². The van der Waals surface area contributed by atoms with Crippen LogP contribution in [0, 0.1) is 5.92 Å². The van der Waals surface area contributed by atoms with E-state index in [-0.39, 0.29) is 11.5 Å². The fraction of sp³-hybridized carbons (Fsp3) is 0.412. The first-order valence-electron chi connectivity index (χ1n) is 8.63. The molecule has 6 nitrogen and oxygen atoms in total. The van der Waals surface area contributed by atoms with Crippen molar-refractivity contribution in [3.05, 3.63) is 29.0 Å². The molecule has 1 aliphatic carbocycles. The maximum atomic E-state index is 13.1. The Balaban J connectivity index is 1.70. The van der Waals surface area contributed by atoms with Crippen molar-refractivity contribution in [3.63, 3.8) is 0 Å². The largest absolute Gasteiger partial charge is 0.333 e. The number of halogens is 2. The molecule has 9 heteroatoms. The third kappa shape index (κ3) is 2.26. The third-order valence-corrected chi connectivity index (χ3v) is 6.31. The Morgan fingerprint density at radius 1 is 1.38 bits per heavy atom. The number of alkyl halides is 2. The first-order chi connectivity index (χ1) is 12.7. The molecule has 0 N–H and O–H groups in total. The predicted octanol–water partition coefficient (Wildman–Crippen LogP) is 4.11. The van der Waals surface area contributed by atoms with Gasteiger partial charge in [0.05, 0.1) is 5.39 Å². The summed E-state index contributed by atoms with van der Waals surface area (Å²) >= 11 is 1.72. The molecule has 0 aromatic carbocycles. The van der Waals surface area contributed by atoms with Crippen molar-refractivity contribution >= 4 is 27.2 Å². The average molecular weight is 374 g/mol. The van der Waals surface area contributed by atoms with E-state index in [1.807, 2.05) is 0 Å². The Bertz CT molecular complexity index is 1110. The minimum absolute atomic E-state index is 0.201. The molecule has 4 aromatic rings. The number of rotatable bonds is 3. The normalized spacial score (nSPS) is 17.5. The number of aryl methyl sites for hydroxylation is 1. The summed E-state index contributed by atoms with van der Waals surface area (Å²) in [5, 5.41) is 9.05. The van der Waals surface area contributed by atoms with Crippen molar-refractivity contribution in [1.29, 1.82) is 0 Å². The molecular weight excluding hydrogens is 358 g/mol. The van der Waals surface area contributed by atoms with E-state index in [0.29, 0.717) is 10.3 Å². The Kier molecular flexibility index (Phi) is 3.53. The van der Waals surface area contributed by atoms with Gasteiger partial charge in [0.1, 0.15) is 16.9 Å². The van der Waals surface area contributed by atoms with Gasteiger partial charge in [0, 0.05) is 11.1 Å². The number of hydrogen-bond acceptors (Lipinski definition) is 5. The van der Waals surface area contributed by atoms with Gasteiger partial charge < -0.3 is 0 Å². The Labute approximate surface area is 151 Å². The van der Waals surface area contributed by atoms with Crippen LogP contribution >= 0.6 is 11.3 Å². The lowest BCUT2D eigenvalue weighted by Crippen LogP contribution is -2.11. The smallest absolute Gasteiger partial charge is 0.225 e. The molecule has 0 radical (unpaired) electrons. The summed E-state index contributed by atoms with van der Waals surface area (Å²) in [4.78, 5) is 11.4. The molecule has 0 amide bonds. The van der Waals surface area contributed by atoms with E-state index < -0.39 is 6.55 Å². The SMILES string of the molecule is CCC1CCc2c(sc3ncn4nc(-c5ccnn5C(F)F)nc4c23)C1. The average Bonchev–Trinajstić information content (AvgIpc) is 3.34. The van der Waals surface area contributed by atoms with Gasteiger partial charge >= 0.3 is 6.55 Å². The molecule has 1 aliphatic rings. The molecule has 0 aliphatic heterocycles. The summed E-state index contributed by atoms with van der Waals surface area (Å²) < 4.78 is 28.5. The van der Waals surface area contributed by atoms with Crippen LogP contribution in [-0.4, -0.2) is 29.4 Å². The van der Waals surface area contributed by atoms with E-state index in [4.69, 9.17) is 0 Å². The van der Waals surface area contributed by atoms with Crippen LogP contribution in [-0.2, 0) is 12.8 Å². The van der Waals surface area contributed by atoms with Gasteiger partial charge in [0.15, 0.2) is 5.65 Å². The molecule has 0 saturated carbocycles.